The molecule has 9 heavy (non-hydrogen) atoms. The molecule has 2 atom stereocenters. The van der Waals surface area contributed by atoms with Gasteiger partial charge in [0.05, 0.1) is 0 Å². The van der Waals surface area contributed by atoms with Crippen LogP contribution < -0.4 is 0 Å². The number of halogens is 2. The average molecular weight is 252 g/mol. The molecular weight excluding hydrogens is 244 g/mol. The van der Waals surface area contributed by atoms with Crippen LogP contribution in [0.15, 0.2) is 24.3 Å². The van der Waals surface area contributed by atoms with Gasteiger partial charge in [0.2, 0.25) is 0 Å². The van der Waals surface area contributed by atoms with E-state index in [2.05, 4.69) is 56.2 Å². The highest BCUT2D eigenvalue weighted by atomic mass is 79.9. The largest absolute Gasteiger partial charge is 0.0872 e. The van der Waals surface area contributed by atoms with Crippen molar-refractivity contribution in [2.24, 2.45) is 0 Å². The number of rotatable bonds is 0. The quantitative estimate of drug-likeness (QED) is 0.581. The Balaban J connectivity index is 2.58. The lowest BCUT2D eigenvalue weighted by molar-refractivity contribution is 0.941. The maximum absolute atomic E-state index is 3.55. The van der Waals surface area contributed by atoms with E-state index in [0.29, 0.717) is 9.65 Å². The molecule has 50 valence electrons. The van der Waals surface area contributed by atoms with Crippen molar-refractivity contribution in [1.29, 1.82) is 0 Å². The molecule has 2 heteroatoms. The fraction of sp³-hybridized carbons (Fsp3) is 0.429. The van der Waals surface area contributed by atoms with E-state index in [-0.39, 0.29) is 0 Å². The molecule has 0 aromatic carbocycles. The third kappa shape index (κ3) is 2.26. The molecule has 1 aliphatic rings. The molecule has 0 aliphatic heterocycles. The second-order valence-electron chi connectivity index (χ2n) is 2.01. The normalized spacial score (nSPS) is 34.4. The summed E-state index contributed by atoms with van der Waals surface area (Å²) in [6.45, 7) is 0. The van der Waals surface area contributed by atoms with Crippen molar-refractivity contribution < 1.29 is 0 Å². The topological polar surface area (TPSA) is 0 Å². The van der Waals surface area contributed by atoms with Gasteiger partial charge >= 0.3 is 0 Å². The summed E-state index contributed by atoms with van der Waals surface area (Å²) in [6.07, 6.45) is 9.55. The van der Waals surface area contributed by atoms with Gasteiger partial charge < -0.3 is 0 Å². The second-order valence-corrected chi connectivity index (χ2v) is 4.24. The Morgan fingerprint density at radius 2 is 2.00 bits per heavy atom. The first kappa shape index (κ1) is 7.55. The molecule has 0 aromatic rings. The van der Waals surface area contributed by atoms with Gasteiger partial charge in [-0.2, -0.15) is 0 Å². The lowest BCUT2D eigenvalue weighted by Crippen LogP contribution is -2.08. The zero-order valence-electron chi connectivity index (χ0n) is 4.93. The van der Waals surface area contributed by atoms with Gasteiger partial charge in [-0.3, -0.25) is 0 Å². The number of allylic oxidation sites excluding steroid dienone is 4. The first-order valence-electron chi connectivity index (χ1n) is 2.92. The van der Waals surface area contributed by atoms with Crippen molar-refractivity contribution in [3.05, 3.63) is 24.3 Å². The van der Waals surface area contributed by atoms with Crippen molar-refractivity contribution >= 4 is 31.9 Å². The van der Waals surface area contributed by atoms with Crippen LogP contribution in [0.3, 0.4) is 0 Å². The first-order chi connectivity index (χ1) is 4.30. The third-order valence-corrected chi connectivity index (χ3v) is 3.85. The van der Waals surface area contributed by atoms with E-state index in [0.717, 1.165) is 6.42 Å². The van der Waals surface area contributed by atoms with E-state index in [1.54, 1.807) is 0 Å². The minimum Gasteiger partial charge on any atom is -0.0872 e. The van der Waals surface area contributed by atoms with Crippen molar-refractivity contribution in [2.45, 2.75) is 16.1 Å². The van der Waals surface area contributed by atoms with Crippen molar-refractivity contribution in [3.8, 4) is 0 Å². The lowest BCUT2D eigenvalue weighted by atomic mass is 10.2. The van der Waals surface area contributed by atoms with Crippen LogP contribution in [0.25, 0.3) is 0 Å². The summed E-state index contributed by atoms with van der Waals surface area (Å²) in [5, 5.41) is 0. The summed E-state index contributed by atoms with van der Waals surface area (Å²) < 4.78 is 0. The standard InChI is InChI=1S/C7H8Br2/c8-6-4-2-1-3-5-7(6)9/h1-4,6-7H,5H2. The molecule has 1 rings (SSSR count). The predicted octanol–water partition coefficient (Wildman–Crippen LogP) is 3.03. The van der Waals surface area contributed by atoms with Crippen molar-refractivity contribution in [2.75, 3.05) is 0 Å². The Morgan fingerprint density at radius 3 is 2.78 bits per heavy atom. The Kier molecular flexibility index (Phi) is 2.99. The maximum Gasteiger partial charge on any atom is 0.0456 e. The molecule has 0 amide bonds. The minimum atomic E-state index is 0.479. The molecule has 0 heterocycles. The molecule has 0 bridgehead atoms. The maximum atomic E-state index is 3.55. The highest BCUT2D eigenvalue weighted by Crippen LogP contribution is 2.21. The van der Waals surface area contributed by atoms with Crippen LogP contribution in [0.2, 0.25) is 0 Å². The Labute approximate surface area is 72.3 Å². The fourth-order valence-corrected chi connectivity index (χ4v) is 1.49. The molecule has 0 fully saturated rings. The van der Waals surface area contributed by atoms with Crippen molar-refractivity contribution in [1.82, 2.24) is 0 Å². The van der Waals surface area contributed by atoms with Crippen LogP contribution in [0.4, 0.5) is 0 Å². The summed E-state index contributed by atoms with van der Waals surface area (Å²) in [6, 6.07) is 0. The summed E-state index contributed by atoms with van der Waals surface area (Å²) in [7, 11) is 0. The predicted molar refractivity (Wildman–Crippen MR) is 48.3 cm³/mol. The van der Waals surface area contributed by atoms with Gasteiger partial charge in [0.15, 0.2) is 0 Å². The van der Waals surface area contributed by atoms with Crippen LogP contribution >= 0.6 is 31.9 Å². The van der Waals surface area contributed by atoms with Gasteiger partial charge in [-0.15, -0.1) is 0 Å². The summed E-state index contributed by atoms with van der Waals surface area (Å²) in [4.78, 5) is 1.03. The van der Waals surface area contributed by atoms with Crippen LogP contribution in [-0.2, 0) is 0 Å². The van der Waals surface area contributed by atoms with E-state index < -0.39 is 0 Å². The van der Waals surface area contributed by atoms with Crippen molar-refractivity contribution in [3.63, 3.8) is 0 Å². The van der Waals surface area contributed by atoms with E-state index in [4.69, 9.17) is 0 Å². The molecule has 1 aliphatic carbocycles. The SMILES string of the molecule is BrC1C=CC=CCC1Br. The highest BCUT2D eigenvalue weighted by Gasteiger charge is 2.11. The zero-order chi connectivity index (χ0) is 6.69. The Hall–Kier alpha value is 0.440. The second kappa shape index (κ2) is 3.57. The van der Waals surface area contributed by atoms with E-state index >= 15 is 0 Å². The van der Waals surface area contributed by atoms with E-state index in [1.807, 2.05) is 0 Å². The number of hydrogen-bond acceptors (Lipinski definition) is 0. The molecule has 0 saturated heterocycles. The summed E-state index contributed by atoms with van der Waals surface area (Å²) in [5.74, 6) is 0. The van der Waals surface area contributed by atoms with Gasteiger partial charge in [0, 0.05) is 9.65 Å². The van der Waals surface area contributed by atoms with Crippen LogP contribution in [0.1, 0.15) is 6.42 Å². The Bertz CT molecular complexity index is 138. The monoisotopic (exact) mass is 250 g/mol. The smallest absolute Gasteiger partial charge is 0.0456 e. The van der Waals surface area contributed by atoms with Gasteiger partial charge in [-0.05, 0) is 6.42 Å². The van der Waals surface area contributed by atoms with Crippen LogP contribution in [-0.4, -0.2) is 9.65 Å². The molecule has 0 nitrogen and oxygen atoms in total. The molecule has 0 N–H and O–H groups in total. The van der Waals surface area contributed by atoms with Gasteiger partial charge in [-0.1, -0.05) is 56.2 Å². The van der Waals surface area contributed by atoms with Crippen LogP contribution in [0.5, 0.6) is 0 Å². The average Bonchev–Trinajstić information content (AvgIpc) is 1.99. The molecule has 0 radical (unpaired) electrons. The number of alkyl halides is 2. The van der Waals surface area contributed by atoms with E-state index in [9.17, 15) is 0 Å². The number of hydrogen-bond donors (Lipinski definition) is 0. The van der Waals surface area contributed by atoms with Gasteiger partial charge in [0.1, 0.15) is 0 Å². The lowest BCUT2D eigenvalue weighted by Gasteiger charge is -2.07. The van der Waals surface area contributed by atoms with Gasteiger partial charge in [-0.25, -0.2) is 0 Å². The highest BCUT2D eigenvalue weighted by molar-refractivity contribution is 9.12. The van der Waals surface area contributed by atoms with Gasteiger partial charge in [0.25, 0.3) is 0 Å². The minimum absolute atomic E-state index is 0.479. The fourth-order valence-electron chi connectivity index (χ4n) is 0.708. The third-order valence-electron chi connectivity index (χ3n) is 1.25. The summed E-state index contributed by atoms with van der Waals surface area (Å²) in [5.41, 5.74) is 0. The molecule has 0 saturated carbocycles. The molecule has 0 spiro atoms. The van der Waals surface area contributed by atoms with E-state index in [1.165, 1.54) is 0 Å². The first-order valence-corrected chi connectivity index (χ1v) is 4.75. The Morgan fingerprint density at radius 1 is 1.22 bits per heavy atom. The molecule has 0 aromatic heterocycles. The summed E-state index contributed by atoms with van der Waals surface area (Å²) >= 11 is 7.08. The molecular formula is C7H8Br2. The van der Waals surface area contributed by atoms with Crippen LogP contribution in [0, 0.1) is 0 Å². The molecule has 2 unspecified atom stereocenters. The zero-order valence-corrected chi connectivity index (χ0v) is 8.10.